The van der Waals surface area contributed by atoms with Gasteiger partial charge in [0.1, 0.15) is 0 Å². The molecule has 0 spiro atoms. The maximum Gasteiger partial charge on any atom is 0.0107 e. The van der Waals surface area contributed by atoms with Gasteiger partial charge in [-0.15, -0.1) is 0 Å². The minimum atomic E-state index is 0.872. The van der Waals surface area contributed by atoms with Gasteiger partial charge in [0.25, 0.3) is 0 Å². The Bertz CT molecular complexity index is 203. The summed E-state index contributed by atoms with van der Waals surface area (Å²) in [5.74, 6) is 1.84. The van der Waals surface area contributed by atoms with Gasteiger partial charge in [-0.1, -0.05) is 40.0 Å². The Morgan fingerprint density at radius 3 is 2.63 bits per heavy atom. The van der Waals surface area contributed by atoms with Gasteiger partial charge in [0.2, 0.25) is 0 Å². The molecule has 1 fully saturated rings. The van der Waals surface area contributed by atoms with Crippen LogP contribution in [0.25, 0.3) is 0 Å². The van der Waals surface area contributed by atoms with Gasteiger partial charge < -0.3 is 10.2 Å². The molecule has 0 aromatic carbocycles. The molecule has 1 atom stereocenters. The van der Waals surface area contributed by atoms with E-state index in [0.717, 1.165) is 11.8 Å². The quantitative estimate of drug-likeness (QED) is 0.638. The van der Waals surface area contributed by atoms with Crippen molar-refractivity contribution >= 4 is 0 Å². The zero-order valence-corrected chi connectivity index (χ0v) is 13.6. The van der Waals surface area contributed by atoms with Crippen LogP contribution in [0.2, 0.25) is 0 Å². The molecule has 1 aliphatic rings. The van der Waals surface area contributed by atoms with E-state index in [1.165, 1.54) is 77.7 Å². The van der Waals surface area contributed by atoms with Crippen molar-refractivity contribution in [3.63, 3.8) is 0 Å². The van der Waals surface area contributed by atoms with Crippen LogP contribution in [0.1, 0.15) is 65.7 Å². The average Bonchev–Trinajstić information content (AvgIpc) is 2.63. The molecule has 2 nitrogen and oxygen atoms in total. The molecule has 1 rings (SSSR count). The molecule has 0 bridgehead atoms. The van der Waals surface area contributed by atoms with Crippen LogP contribution in [0.4, 0.5) is 0 Å². The van der Waals surface area contributed by atoms with Crippen molar-refractivity contribution in [3.05, 3.63) is 0 Å². The van der Waals surface area contributed by atoms with Crippen molar-refractivity contribution < 1.29 is 0 Å². The predicted molar refractivity (Wildman–Crippen MR) is 85.6 cm³/mol. The van der Waals surface area contributed by atoms with Gasteiger partial charge in [0.15, 0.2) is 0 Å². The first kappa shape index (κ1) is 17.0. The van der Waals surface area contributed by atoms with E-state index in [9.17, 15) is 0 Å². The summed E-state index contributed by atoms with van der Waals surface area (Å²) >= 11 is 0. The summed E-state index contributed by atoms with van der Waals surface area (Å²) < 4.78 is 0. The maximum absolute atomic E-state index is 3.60. The molecule has 0 aliphatic carbocycles. The third kappa shape index (κ3) is 7.94. The summed E-state index contributed by atoms with van der Waals surface area (Å²) in [6.45, 7) is 13.3. The van der Waals surface area contributed by atoms with Crippen LogP contribution in [0.15, 0.2) is 0 Å². The van der Waals surface area contributed by atoms with Crippen LogP contribution in [0.5, 0.6) is 0 Å². The first-order valence-electron chi connectivity index (χ1n) is 8.67. The molecule has 114 valence electrons. The van der Waals surface area contributed by atoms with E-state index in [1.54, 1.807) is 0 Å². The molecule has 1 aliphatic heterocycles. The Morgan fingerprint density at radius 1 is 1.05 bits per heavy atom. The average molecular weight is 268 g/mol. The lowest BCUT2D eigenvalue weighted by molar-refractivity contribution is 0.271. The van der Waals surface area contributed by atoms with Crippen molar-refractivity contribution in [2.75, 3.05) is 32.7 Å². The number of nitrogens with one attached hydrogen (secondary N) is 1. The van der Waals surface area contributed by atoms with E-state index in [2.05, 4.69) is 31.0 Å². The molecule has 1 heterocycles. The van der Waals surface area contributed by atoms with E-state index >= 15 is 0 Å². The van der Waals surface area contributed by atoms with Crippen LogP contribution in [-0.2, 0) is 0 Å². The van der Waals surface area contributed by atoms with E-state index in [4.69, 9.17) is 0 Å². The first-order valence-corrected chi connectivity index (χ1v) is 8.67. The van der Waals surface area contributed by atoms with Gasteiger partial charge in [0.05, 0.1) is 0 Å². The Kier molecular flexibility index (Phi) is 9.54. The molecule has 2 heteroatoms. The van der Waals surface area contributed by atoms with Gasteiger partial charge >= 0.3 is 0 Å². The fraction of sp³-hybridized carbons (Fsp3) is 1.00. The SMILES string of the molecule is CCCCCCNCCN1CCCC(C(C)C)CC1. The van der Waals surface area contributed by atoms with Gasteiger partial charge in [-0.05, 0) is 57.2 Å². The van der Waals surface area contributed by atoms with Crippen molar-refractivity contribution in [1.82, 2.24) is 10.2 Å². The molecular weight excluding hydrogens is 232 g/mol. The lowest BCUT2D eigenvalue weighted by Gasteiger charge is -2.21. The van der Waals surface area contributed by atoms with Crippen molar-refractivity contribution in [2.24, 2.45) is 11.8 Å². The summed E-state index contributed by atoms with van der Waals surface area (Å²) in [5.41, 5.74) is 0. The molecule has 0 saturated carbocycles. The lowest BCUT2D eigenvalue weighted by Crippen LogP contribution is -2.33. The number of nitrogens with zero attached hydrogens (tertiary/aromatic N) is 1. The van der Waals surface area contributed by atoms with Crippen molar-refractivity contribution in [2.45, 2.75) is 65.7 Å². The normalized spacial score (nSPS) is 21.8. The van der Waals surface area contributed by atoms with Crippen LogP contribution in [0.3, 0.4) is 0 Å². The zero-order chi connectivity index (χ0) is 13.9. The van der Waals surface area contributed by atoms with Gasteiger partial charge in [-0.3, -0.25) is 0 Å². The Hall–Kier alpha value is -0.0800. The number of likely N-dealkylation sites (tertiary alicyclic amines) is 1. The second-order valence-corrected chi connectivity index (χ2v) is 6.59. The molecule has 0 aromatic rings. The van der Waals surface area contributed by atoms with E-state index < -0.39 is 0 Å². The smallest absolute Gasteiger partial charge is 0.0107 e. The summed E-state index contributed by atoms with van der Waals surface area (Å²) in [5, 5.41) is 3.60. The lowest BCUT2D eigenvalue weighted by atomic mass is 9.89. The highest BCUT2D eigenvalue weighted by molar-refractivity contribution is 4.72. The molecule has 1 unspecified atom stereocenters. The molecule has 1 N–H and O–H groups in total. The largest absolute Gasteiger partial charge is 0.315 e. The fourth-order valence-corrected chi connectivity index (χ4v) is 3.11. The van der Waals surface area contributed by atoms with Crippen LogP contribution >= 0.6 is 0 Å². The molecule has 0 radical (unpaired) electrons. The Labute approximate surface area is 121 Å². The highest BCUT2D eigenvalue weighted by Gasteiger charge is 2.18. The molecule has 0 amide bonds. The molecule has 0 aromatic heterocycles. The minimum absolute atomic E-state index is 0.872. The highest BCUT2D eigenvalue weighted by Crippen LogP contribution is 2.24. The third-order valence-corrected chi connectivity index (χ3v) is 4.62. The monoisotopic (exact) mass is 268 g/mol. The summed E-state index contributed by atoms with van der Waals surface area (Å²) in [6, 6.07) is 0. The second-order valence-electron chi connectivity index (χ2n) is 6.59. The number of hydrogen-bond donors (Lipinski definition) is 1. The first-order chi connectivity index (χ1) is 9.24. The second kappa shape index (κ2) is 10.7. The Morgan fingerprint density at radius 2 is 1.89 bits per heavy atom. The fourth-order valence-electron chi connectivity index (χ4n) is 3.11. The Balaban J connectivity index is 2.00. The van der Waals surface area contributed by atoms with E-state index in [1.807, 2.05) is 0 Å². The van der Waals surface area contributed by atoms with Gasteiger partial charge in [-0.25, -0.2) is 0 Å². The number of unbranched alkanes of at least 4 members (excludes halogenated alkanes) is 3. The van der Waals surface area contributed by atoms with Crippen molar-refractivity contribution in [1.29, 1.82) is 0 Å². The zero-order valence-electron chi connectivity index (χ0n) is 13.6. The highest BCUT2D eigenvalue weighted by atomic mass is 15.1. The standard InChI is InChI=1S/C17H36N2/c1-4-5-6-7-11-18-12-15-19-13-8-9-17(10-14-19)16(2)3/h16-18H,4-15H2,1-3H3. The van der Waals surface area contributed by atoms with Crippen molar-refractivity contribution in [3.8, 4) is 0 Å². The van der Waals surface area contributed by atoms with Gasteiger partial charge in [-0.2, -0.15) is 0 Å². The molecule has 1 saturated heterocycles. The van der Waals surface area contributed by atoms with E-state index in [0.29, 0.717) is 0 Å². The molecular formula is C17H36N2. The van der Waals surface area contributed by atoms with Crippen LogP contribution in [-0.4, -0.2) is 37.6 Å². The summed E-state index contributed by atoms with van der Waals surface area (Å²) in [4.78, 5) is 2.67. The van der Waals surface area contributed by atoms with Crippen LogP contribution < -0.4 is 5.32 Å². The minimum Gasteiger partial charge on any atom is -0.315 e. The number of rotatable bonds is 9. The maximum atomic E-state index is 3.60. The summed E-state index contributed by atoms with van der Waals surface area (Å²) in [6.07, 6.45) is 9.73. The number of hydrogen-bond acceptors (Lipinski definition) is 2. The van der Waals surface area contributed by atoms with E-state index in [-0.39, 0.29) is 0 Å². The third-order valence-electron chi connectivity index (χ3n) is 4.62. The van der Waals surface area contributed by atoms with Crippen LogP contribution in [0, 0.1) is 11.8 Å². The van der Waals surface area contributed by atoms with Gasteiger partial charge in [0, 0.05) is 13.1 Å². The summed E-state index contributed by atoms with van der Waals surface area (Å²) in [7, 11) is 0. The predicted octanol–water partition coefficient (Wildman–Crippen LogP) is 3.91. The molecule has 19 heavy (non-hydrogen) atoms. The topological polar surface area (TPSA) is 15.3 Å².